The molecule has 0 aliphatic carbocycles. The molecule has 1 aromatic heterocycles. The van der Waals surface area contributed by atoms with E-state index in [1.165, 1.54) is 6.92 Å². The molecule has 15 heavy (non-hydrogen) atoms. The van der Waals surface area contributed by atoms with E-state index in [2.05, 4.69) is 43.0 Å². The smallest absolute Gasteiger partial charge is 0.223 e. The lowest BCUT2D eigenvalue weighted by Crippen LogP contribution is -2.14. The van der Waals surface area contributed by atoms with Gasteiger partial charge in [0.05, 0.1) is 5.69 Å². The van der Waals surface area contributed by atoms with Crippen molar-refractivity contribution in [2.45, 2.75) is 46.5 Å². The Morgan fingerprint density at radius 3 is 2.40 bits per heavy atom. The molecule has 0 radical (unpaired) electrons. The van der Waals surface area contributed by atoms with Gasteiger partial charge in [-0.2, -0.15) is 0 Å². The van der Waals surface area contributed by atoms with Crippen LogP contribution in [0.1, 0.15) is 46.0 Å². The molecule has 1 rings (SSSR count). The Bertz CT molecular complexity index is 360. The predicted molar refractivity (Wildman–Crippen MR) is 61.0 cm³/mol. The normalized spacial score (nSPS) is 11.5. The fraction of sp³-hybridized carbons (Fsp3) is 0.636. The monoisotopic (exact) mass is 209 g/mol. The number of carbonyl (C=O) groups excluding carboxylic acids is 1. The number of aryl methyl sites for hydroxylation is 1. The Balaban J connectivity index is 3.06. The molecule has 0 unspecified atom stereocenters. The van der Waals surface area contributed by atoms with Crippen molar-refractivity contribution in [3.63, 3.8) is 0 Å². The molecule has 4 nitrogen and oxygen atoms in total. The maximum atomic E-state index is 10.9. The second kappa shape index (κ2) is 4.04. The minimum Gasteiger partial charge on any atom is -0.328 e. The standard InChI is InChI=1S/C11H19N3O/c1-6-8-9(11(3,4)5)14-10(13-8)12-7(2)15/h6H2,1-5H3,(H2,12,13,14,15). The first-order valence-electron chi connectivity index (χ1n) is 5.21. The molecule has 0 bridgehead atoms. The van der Waals surface area contributed by atoms with E-state index in [9.17, 15) is 4.79 Å². The highest BCUT2D eigenvalue weighted by Crippen LogP contribution is 2.25. The first kappa shape index (κ1) is 11.8. The van der Waals surface area contributed by atoms with E-state index in [0.717, 1.165) is 17.8 Å². The Labute approximate surface area is 90.5 Å². The van der Waals surface area contributed by atoms with Gasteiger partial charge in [0.25, 0.3) is 0 Å². The molecule has 0 fully saturated rings. The lowest BCUT2D eigenvalue weighted by molar-refractivity contribution is -0.114. The molecule has 0 spiro atoms. The number of nitrogens with zero attached hydrogens (tertiary/aromatic N) is 1. The van der Waals surface area contributed by atoms with Crippen molar-refractivity contribution < 1.29 is 4.79 Å². The summed E-state index contributed by atoms with van der Waals surface area (Å²) in [6.07, 6.45) is 0.888. The van der Waals surface area contributed by atoms with Crippen LogP contribution in [0.2, 0.25) is 0 Å². The van der Waals surface area contributed by atoms with E-state index in [-0.39, 0.29) is 11.3 Å². The second-order valence-corrected chi connectivity index (χ2v) is 4.70. The van der Waals surface area contributed by atoms with Crippen molar-refractivity contribution in [1.29, 1.82) is 0 Å². The van der Waals surface area contributed by atoms with E-state index >= 15 is 0 Å². The maximum absolute atomic E-state index is 10.9. The van der Waals surface area contributed by atoms with Crippen LogP contribution >= 0.6 is 0 Å². The van der Waals surface area contributed by atoms with Crippen LogP contribution in [0.4, 0.5) is 5.95 Å². The number of aromatic nitrogens is 2. The van der Waals surface area contributed by atoms with Crippen LogP contribution in [0.5, 0.6) is 0 Å². The first-order chi connectivity index (χ1) is 6.84. The summed E-state index contributed by atoms with van der Waals surface area (Å²) in [6, 6.07) is 0. The van der Waals surface area contributed by atoms with Crippen LogP contribution in [0.15, 0.2) is 0 Å². The highest BCUT2D eigenvalue weighted by atomic mass is 16.1. The zero-order chi connectivity index (χ0) is 11.6. The van der Waals surface area contributed by atoms with Crippen LogP contribution in [-0.4, -0.2) is 15.9 Å². The van der Waals surface area contributed by atoms with Crippen molar-refractivity contribution >= 4 is 11.9 Å². The van der Waals surface area contributed by atoms with Gasteiger partial charge < -0.3 is 4.98 Å². The molecule has 4 heteroatoms. The third-order valence-electron chi connectivity index (χ3n) is 2.14. The summed E-state index contributed by atoms with van der Waals surface area (Å²) in [4.78, 5) is 18.4. The van der Waals surface area contributed by atoms with Gasteiger partial charge in [-0.15, -0.1) is 0 Å². The minimum absolute atomic E-state index is 0.00143. The van der Waals surface area contributed by atoms with Gasteiger partial charge in [-0.25, -0.2) is 4.98 Å². The summed E-state index contributed by atoms with van der Waals surface area (Å²) in [7, 11) is 0. The van der Waals surface area contributed by atoms with Crippen molar-refractivity contribution in [3.05, 3.63) is 11.4 Å². The number of hydrogen-bond donors (Lipinski definition) is 2. The summed E-state index contributed by atoms with van der Waals surface area (Å²) in [5.41, 5.74) is 2.11. The number of imidazole rings is 1. The number of aromatic amines is 1. The lowest BCUT2D eigenvalue weighted by Gasteiger charge is -2.16. The Morgan fingerprint density at radius 1 is 1.47 bits per heavy atom. The summed E-state index contributed by atoms with van der Waals surface area (Å²) >= 11 is 0. The highest BCUT2D eigenvalue weighted by Gasteiger charge is 2.22. The molecule has 0 aliphatic heterocycles. The van der Waals surface area contributed by atoms with Crippen LogP contribution in [0.25, 0.3) is 0 Å². The van der Waals surface area contributed by atoms with Crippen LogP contribution in [-0.2, 0) is 16.6 Å². The fourth-order valence-electron chi connectivity index (χ4n) is 1.51. The number of H-pyrrole nitrogens is 1. The second-order valence-electron chi connectivity index (χ2n) is 4.70. The van der Waals surface area contributed by atoms with Gasteiger partial charge in [-0.05, 0) is 6.42 Å². The van der Waals surface area contributed by atoms with Gasteiger partial charge in [0.2, 0.25) is 11.9 Å². The summed E-state index contributed by atoms with van der Waals surface area (Å²) in [5.74, 6) is 0.441. The number of rotatable bonds is 2. The largest absolute Gasteiger partial charge is 0.328 e. The zero-order valence-corrected chi connectivity index (χ0v) is 10.1. The molecule has 1 aromatic rings. The number of amides is 1. The highest BCUT2D eigenvalue weighted by molar-refractivity contribution is 5.86. The lowest BCUT2D eigenvalue weighted by atomic mass is 9.90. The van der Waals surface area contributed by atoms with Gasteiger partial charge in [0.1, 0.15) is 0 Å². The van der Waals surface area contributed by atoms with Crippen molar-refractivity contribution in [2.24, 2.45) is 0 Å². The summed E-state index contributed by atoms with van der Waals surface area (Å²) in [5, 5.41) is 2.67. The van der Waals surface area contributed by atoms with E-state index < -0.39 is 0 Å². The van der Waals surface area contributed by atoms with Gasteiger partial charge >= 0.3 is 0 Å². The quantitative estimate of drug-likeness (QED) is 0.784. The molecule has 84 valence electrons. The Morgan fingerprint density at radius 2 is 2.07 bits per heavy atom. The van der Waals surface area contributed by atoms with E-state index in [4.69, 9.17) is 0 Å². The van der Waals surface area contributed by atoms with Gasteiger partial charge in [0.15, 0.2) is 0 Å². The van der Waals surface area contributed by atoms with Crippen molar-refractivity contribution in [3.8, 4) is 0 Å². The third-order valence-corrected chi connectivity index (χ3v) is 2.14. The Kier molecular flexibility index (Phi) is 3.17. The molecule has 1 amide bonds. The first-order valence-corrected chi connectivity index (χ1v) is 5.21. The fourth-order valence-corrected chi connectivity index (χ4v) is 1.51. The SMILES string of the molecule is CCc1[nH]c(NC(C)=O)nc1C(C)(C)C. The number of anilines is 1. The van der Waals surface area contributed by atoms with E-state index in [1.807, 2.05) is 0 Å². The molecule has 0 saturated carbocycles. The van der Waals surface area contributed by atoms with E-state index in [0.29, 0.717) is 5.95 Å². The van der Waals surface area contributed by atoms with Crippen molar-refractivity contribution in [1.82, 2.24) is 9.97 Å². The third kappa shape index (κ3) is 2.81. The van der Waals surface area contributed by atoms with Crippen LogP contribution in [0.3, 0.4) is 0 Å². The van der Waals surface area contributed by atoms with Gasteiger partial charge in [-0.1, -0.05) is 27.7 Å². The summed E-state index contributed by atoms with van der Waals surface area (Å²) in [6.45, 7) is 9.88. The van der Waals surface area contributed by atoms with Crippen LogP contribution in [0, 0.1) is 0 Å². The molecule has 2 N–H and O–H groups in total. The number of nitrogens with one attached hydrogen (secondary N) is 2. The minimum atomic E-state index is -0.105. The van der Waals surface area contributed by atoms with Gasteiger partial charge in [-0.3, -0.25) is 10.1 Å². The topological polar surface area (TPSA) is 57.8 Å². The number of carbonyl (C=O) groups is 1. The van der Waals surface area contributed by atoms with E-state index in [1.54, 1.807) is 0 Å². The van der Waals surface area contributed by atoms with Crippen LogP contribution < -0.4 is 5.32 Å². The molecule has 0 aromatic carbocycles. The molecule has 0 atom stereocenters. The zero-order valence-electron chi connectivity index (χ0n) is 10.1. The number of hydrogen-bond acceptors (Lipinski definition) is 2. The Hall–Kier alpha value is -1.32. The van der Waals surface area contributed by atoms with Crippen molar-refractivity contribution in [2.75, 3.05) is 5.32 Å². The maximum Gasteiger partial charge on any atom is 0.223 e. The van der Waals surface area contributed by atoms with Gasteiger partial charge in [0, 0.05) is 18.0 Å². The predicted octanol–water partition coefficient (Wildman–Crippen LogP) is 2.23. The molecular formula is C11H19N3O. The molecule has 0 saturated heterocycles. The molecular weight excluding hydrogens is 190 g/mol. The summed E-state index contributed by atoms with van der Waals surface area (Å²) < 4.78 is 0. The molecule has 1 heterocycles. The average molecular weight is 209 g/mol. The molecule has 0 aliphatic rings. The average Bonchev–Trinajstić information content (AvgIpc) is 2.45.